The number of anilines is 2. The number of carbonyl (C=O) groups is 1. The minimum Gasteiger partial charge on any atom is -0.367 e. The Morgan fingerprint density at radius 3 is 2.44 bits per heavy atom. The molecule has 3 rings (SSSR count). The van der Waals surface area contributed by atoms with Crippen LogP contribution in [0.4, 0.5) is 11.5 Å². The fourth-order valence-electron chi connectivity index (χ4n) is 3.18. The second kappa shape index (κ2) is 7.64. The number of rotatable bonds is 5. The second-order valence-corrected chi connectivity index (χ2v) is 7.04. The molecule has 0 spiro atoms. The van der Waals surface area contributed by atoms with Crippen molar-refractivity contribution in [3.8, 4) is 0 Å². The van der Waals surface area contributed by atoms with Gasteiger partial charge in [0, 0.05) is 17.8 Å². The molecule has 0 aliphatic heterocycles. The van der Waals surface area contributed by atoms with E-state index in [4.69, 9.17) is 0 Å². The Labute approximate surface area is 149 Å². The molecule has 1 fully saturated rings. The molecule has 2 N–H and O–H groups in total. The van der Waals surface area contributed by atoms with Gasteiger partial charge in [-0.25, -0.2) is 9.97 Å². The van der Waals surface area contributed by atoms with Crippen LogP contribution in [0.3, 0.4) is 0 Å². The van der Waals surface area contributed by atoms with Crippen molar-refractivity contribution in [2.24, 2.45) is 0 Å². The molecule has 0 radical (unpaired) electrons. The summed E-state index contributed by atoms with van der Waals surface area (Å²) in [4.78, 5) is 21.2. The van der Waals surface area contributed by atoms with Crippen molar-refractivity contribution < 1.29 is 4.79 Å². The van der Waals surface area contributed by atoms with Crippen molar-refractivity contribution >= 4 is 17.4 Å². The molecule has 25 heavy (non-hydrogen) atoms. The number of nitrogens with one attached hydrogen (secondary N) is 2. The topological polar surface area (TPSA) is 66.9 Å². The van der Waals surface area contributed by atoms with Crippen molar-refractivity contribution in [2.75, 3.05) is 10.6 Å². The van der Waals surface area contributed by atoms with E-state index in [0.717, 1.165) is 24.3 Å². The molecule has 1 aliphatic carbocycles. The molecule has 0 bridgehead atoms. The molecule has 1 amide bonds. The molecule has 132 valence electrons. The summed E-state index contributed by atoms with van der Waals surface area (Å²) in [6.45, 7) is 6.11. The summed E-state index contributed by atoms with van der Waals surface area (Å²) < 4.78 is 0. The van der Waals surface area contributed by atoms with E-state index < -0.39 is 0 Å². The van der Waals surface area contributed by atoms with Gasteiger partial charge in [-0.15, -0.1) is 0 Å². The number of carbonyl (C=O) groups excluding carboxylic acids is 1. The van der Waals surface area contributed by atoms with Crippen LogP contribution in [0.2, 0.25) is 0 Å². The van der Waals surface area contributed by atoms with Gasteiger partial charge in [0.15, 0.2) is 0 Å². The van der Waals surface area contributed by atoms with E-state index in [1.54, 1.807) is 6.07 Å². The van der Waals surface area contributed by atoms with Gasteiger partial charge in [-0.05, 0) is 43.4 Å². The van der Waals surface area contributed by atoms with Crippen LogP contribution in [0, 0.1) is 6.92 Å². The third kappa shape index (κ3) is 4.56. The molecule has 0 saturated heterocycles. The van der Waals surface area contributed by atoms with Crippen LogP contribution in [-0.2, 0) is 0 Å². The molecule has 0 atom stereocenters. The zero-order chi connectivity index (χ0) is 17.8. The molecule has 1 heterocycles. The lowest BCUT2D eigenvalue weighted by molar-refractivity contribution is 0.102. The number of benzene rings is 1. The summed E-state index contributed by atoms with van der Waals surface area (Å²) in [6.07, 6.45) is 4.82. The SMILES string of the molecule is Cc1nc(NC2CCCC2)cc(C(=O)Nc2ccc(C(C)C)cc2)n1. The summed E-state index contributed by atoms with van der Waals surface area (Å²) in [7, 11) is 0. The molecule has 1 saturated carbocycles. The number of aryl methyl sites for hydroxylation is 1. The maximum Gasteiger partial charge on any atom is 0.274 e. The van der Waals surface area contributed by atoms with E-state index in [1.165, 1.54) is 18.4 Å². The Morgan fingerprint density at radius 1 is 1.12 bits per heavy atom. The molecule has 5 heteroatoms. The van der Waals surface area contributed by atoms with Gasteiger partial charge in [-0.1, -0.05) is 38.8 Å². The predicted octanol–water partition coefficient (Wildman–Crippen LogP) is 4.52. The van der Waals surface area contributed by atoms with E-state index in [-0.39, 0.29) is 5.91 Å². The average Bonchev–Trinajstić information content (AvgIpc) is 3.07. The van der Waals surface area contributed by atoms with Crippen LogP contribution in [0.15, 0.2) is 30.3 Å². The van der Waals surface area contributed by atoms with Crippen LogP contribution < -0.4 is 10.6 Å². The third-order valence-corrected chi connectivity index (χ3v) is 4.61. The highest BCUT2D eigenvalue weighted by atomic mass is 16.1. The summed E-state index contributed by atoms with van der Waals surface area (Å²) in [6, 6.07) is 10.1. The maximum atomic E-state index is 12.5. The summed E-state index contributed by atoms with van der Waals surface area (Å²) in [5, 5.41) is 6.35. The van der Waals surface area contributed by atoms with Crippen LogP contribution in [0.5, 0.6) is 0 Å². The summed E-state index contributed by atoms with van der Waals surface area (Å²) >= 11 is 0. The Kier molecular flexibility index (Phi) is 5.31. The number of aromatic nitrogens is 2. The fraction of sp³-hybridized carbons (Fsp3) is 0.450. The quantitative estimate of drug-likeness (QED) is 0.841. The van der Waals surface area contributed by atoms with Gasteiger partial charge < -0.3 is 10.6 Å². The van der Waals surface area contributed by atoms with Crippen molar-refractivity contribution in [3.05, 3.63) is 47.4 Å². The van der Waals surface area contributed by atoms with Crippen molar-refractivity contribution in [1.82, 2.24) is 9.97 Å². The first-order valence-corrected chi connectivity index (χ1v) is 9.05. The zero-order valence-electron chi connectivity index (χ0n) is 15.2. The van der Waals surface area contributed by atoms with Crippen LogP contribution in [-0.4, -0.2) is 21.9 Å². The number of hydrogen-bond donors (Lipinski definition) is 2. The molecule has 5 nitrogen and oxygen atoms in total. The normalized spacial score (nSPS) is 14.7. The minimum absolute atomic E-state index is 0.211. The first kappa shape index (κ1) is 17.4. The van der Waals surface area contributed by atoms with E-state index in [1.807, 2.05) is 31.2 Å². The lowest BCUT2D eigenvalue weighted by atomic mass is 10.0. The van der Waals surface area contributed by atoms with Gasteiger partial charge in [-0.3, -0.25) is 4.79 Å². The van der Waals surface area contributed by atoms with Gasteiger partial charge in [0.25, 0.3) is 5.91 Å². The Hall–Kier alpha value is -2.43. The number of amides is 1. The smallest absolute Gasteiger partial charge is 0.274 e. The maximum absolute atomic E-state index is 12.5. The second-order valence-electron chi connectivity index (χ2n) is 7.04. The molecule has 2 aromatic rings. The van der Waals surface area contributed by atoms with E-state index in [9.17, 15) is 4.79 Å². The van der Waals surface area contributed by atoms with Crippen molar-refractivity contribution in [1.29, 1.82) is 0 Å². The third-order valence-electron chi connectivity index (χ3n) is 4.61. The lowest BCUT2D eigenvalue weighted by Gasteiger charge is -2.14. The lowest BCUT2D eigenvalue weighted by Crippen LogP contribution is -2.19. The van der Waals surface area contributed by atoms with Crippen molar-refractivity contribution in [3.63, 3.8) is 0 Å². The minimum atomic E-state index is -0.211. The first-order chi connectivity index (χ1) is 12.0. The Morgan fingerprint density at radius 2 is 1.80 bits per heavy atom. The van der Waals surface area contributed by atoms with Gasteiger partial charge in [0.05, 0.1) is 0 Å². The molecule has 1 aromatic heterocycles. The molecular weight excluding hydrogens is 312 g/mol. The first-order valence-electron chi connectivity index (χ1n) is 9.05. The van der Waals surface area contributed by atoms with Gasteiger partial charge in [-0.2, -0.15) is 0 Å². The van der Waals surface area contributed by atoms with Crippen molar-refractivity contribution in [2.45, 2.75) is 58.4 Å². The number of hydrogen-bond acceptors (Lipinski definition) is 4. The average molecular weight is 338 g/mol. The summed E-state index contributed by atoms with van der Waals surface area (Å²) in [5.41, 5.74) is 2.41. The van der Waals surface area contributed by atoms with Gasteiger partial charge in [0.2, 0.25) is 0 Å². The molecule has 1 aromatic carbocycles. The van der Waals surface area contributed by atoms with E-state index in [2.05, 4.69) is 34.4 Å². The van der Waals surface area contributed by atoms with Gasteiger partial charge >= 0.3 is 0 Å². The van der Waals surface area contributed by atoms with Crippen LogP contribution in [0.25, 0.3) is 0 Å². The van der Waals surface area contributed by atoms with Crippen LogP contribution >= 0.6 is 0 Å². The number of nitrogens with zero attached hydrogens (tertiary/aromatic N) is 2. The van der Waals surface area contributed by atoms with E-state index >= 15 is 0 Å². The molecular formula is C20H26N4O. The highest BCUT2D eigenvalue weighted by Gasteiger charge is 2.17. The monoisotopic (exact) mass is 338 g/mol. The standard InChI is InChI=1S/C20H26N4O/c1-13(2)15-8-10-17(11-9-15)24-20(25)18-12-19(22-14(3)21-18)23-16-6-4-5-7-16/h8-13,16H,4-7H2,1-3H3,(H,24,25)(H,21,22,23). The summed E-state index contributed by atoms with van der Waals surface area (Å²) in [5.74, 6) is 1.60. The molecule has 1 aliphatic rings. The molecule has 0 unspecified atom stereocenters. The van der Waals surface area contributed by atoms with Crippen LogP contribution in [0.1, 0.15) is 67.3 Å². The predicted molar refractivity (Wildman–Crippen MR) is 101 cm³/mol. The fourth-order valence-corrected chi connectivity index (χ4v) is 3.18. The van der Waals surface area contributed by atoms with E-state index in [0.29, 0.717) is 23.5 Å². The zero-order valence-corrected chi connectivity index (χ0v) is 15.2. The largest absolute Gasteiger partial charge is 0.367 e. The highest BCUT2D eigenvalue weighted by molar-refractivity contribution is 6.03. The van der Waals surface area contributed by atoms with Gasteiger partial charge in [0.1, 0.15) is 17.3 Å². The highest BCUT2D eigenvalue weighted by Crippen LogP contribution is 2.22. The Balaban J connectivity index is 1.71. The Bertz CT molecular complexity index is 734.